The minimum Gasteiger partial charge on any atom is -0.396 e. The number of hydrogen-bond acceptors (Lipinski definition) is 2. The van der Waals surface area contributed by atoms with Crippen LogP contribution in [0.2, 0.25) is 0 Å². The summed E-state index contributed by atoms with van der Waals surface area (Å²) in [6.07, 6.45) is 1.92. The molecule has 0 amide bonds. The summed E-state index contributed by atoms with van der Waals surface area (Å²) in [6, 6.07) is 5.98. The molecule has 5 heteroatoms. The van der Waals surface area contributed by atoms with Crippen LogP contribution in [0, 0.1) is 5.82 Å². The molecule has 1 heterocycles. The minimum absolute atomic E-state index is 0.0519. The Balaban J connectivity index is 2.19. The lowest BCUT2D eigenvalue weighted by atomic mass is 10.2. The molecule has 0 saturated heterocycles. The van der Waals surface area contributed by atoms with Gasteiger partial charge in [-0.3, -0.25) is 4.79 Å². The van der Waals surface area contributed by atoms with Crippen molar-refractivity contribution in [1.29, 1.82) is 0 Å². The molecular formula is C12H13FN2O2. The Morgan fingerprint density at radius 1 is 1.29 bits per heavy atom. The third-order valence-electron chi connectivity index (χ3n) is 2.55. The summed E-state index contributed by atoms with van der Waals surface area (Å²) < 4.78 is 14.1. The lowest BCUT2D eigenvalue weighted by Crippen LogP contribution is -2.20. The first kappa shape index (κ1) is 11.6. The summed E-state index contributed by atoms with van der Waals surface area (Å²) in [5.41, 5.74) is 1.24. The molecule has 0 fully saturated rings. The van der Waals surface area contributed by atoms with Gasteiger partial charge in [-0.05, 0) is 17.7 Å². The van der Waals surface area contributed by atoms with Crippen LogP contribution in [-0.4, -0.2) is 21.5 Å². The monoisotopic (exact) mass is 236 g/mol. The first-order chi connectivity index (χ1) is 8.20. The van der Waals surface area contributed by atoms with Crippen molar-refractivity contribution in [3.05, 3.63) is 57.8 Å². The van der Waals surface area contributed by atoms with Gasteiger partial charge >= 0.3 is 0 Å². The van der Waals surface area contributed by atoms with Crippen LogP contribution < -0.4 is 5.56 Å². The van der Waals surface area contributed by atoms with Crippen LogP contribution in [0.3, 0.4) is 0 Å². The van der Waals surface area contributed by atoms with Gasteiger partial charge in [-0.2, -0.15) is 0 Å². The zero-order chi connectivity index (χ0) is 12.3. The van der Waals surface area contributed by atoms with Crippen LogP contribution in [0.15, 0.2) is 35.3 Å². The maximum absolute atomic E-state index is 12.7. The Bertz CT molecular complexity index is 542. The number of nitrogens with one attached hydrogen (secondary N) is 1. The van der Waals surface area contributed by atoms with Gasteiger partial charge in [0.25, 0.3) is 5.56 Å². The van der Waals surface area contributed by atoms with Crippen LogP contribution in [0.4, 0.5) is 4.39 Å². The molecular weight excluding hydrogens is 223 g/mol. The Morgan fingerprint density at radius 3 is 2.65 bits per heavy atom. The van der Waals surface area contributed by atoms with E-state index in [4.69, 9.17) is 5.11 Å². The van der Waals surface area contributed by atoms with E-state index < -0.39 is 0 Å². The fraction of sp³-hybridized carbons (Fsp3) is 0.250. The Kier molecular flexibility index (Phi) is 3.39. The zero-order valence-corrected chi connectivity index (χ0v) is 9.19. The molecule has 2 N–H and O–H groups in total. The highest BCUT2D eigenvalue weighted by Gasteiger charge is 2.05. The molecule has 0 bridgehead atoms. The number of rotatable bonds is 4. The maximum Gasteiger partial charge on any atom is 0.270 e. The maximum atomic E-state index is 12.7. The smallest absolute Gasteiger partial charge is 0.270 e. The van der Waals surface area contributed by atoms with Crippen molar-refractivity contribution >= 4 is 0 Å². The number of H-pyrrole nitrogens is 1. The third-order valence-corrected chi connectivity index (χ3v) is 2.55. The predicted molar refractivity (Wildman–Crippen MR) is 61.3 cm³/mol. The van der Waals surface area contributed by atoms with E-state index in [9.17, 15) is 9.18 Å². The highest BCUT2D eigenvalue weighted by Crippen LogP contribution is 2.03. The third kappa shape index (κ3) is 2.62. The standard InChI is InChI=1S/C12H13FN2O2/c13-11-3-1-9(2-4-11)8-15-12(17)10(5-6-16)7-14-15/h1-4,7,14,16H,5-6,8H2. The van der Waals surface area contributed by atoms with Gasteiger partial charge in [0.1, 0.15) is 5.82 Å². The van der Waals surface area contributed by atoms with Gasteiger partial charge in [-0.15, -0.1) is 0 Å². The largest absolute Gasteiger partial charge is 0.396 e. The van der Waals surface area contributed by atoms with E-state index in [1.54, 1.807) is 18.3 Å². The van der Waals surface area contributed by atoms with E-state index in [-0.39, 0.29) is 18.0 Å². The molecule has 0 radical (unpaired) electrons. The van der Waals surface area contributed by atoms with E-state index in [1.165, 1.54) is 16.8 Å². The van der Waals surface area contributed by atoms with Gasteiger partial charge < -0.3 is 10.2 Å². The molecule has 90 valence electrons. The Hall–Kier alpha value is -1.88. The first-order valence-electron chi connectivity index (χ1n) is 5.33. The molecule has 1 aromatic carbocycles. The van der Waals surface area contributed by atoms with Gasteiger partial charge in [0.15, 0.2) is 0 Å². The van der Waals surface area contributed by atoms with E-state index in [0.717, 1.165) is 5.56 Å². The van der Waals surface area contributed by atoms with E-state index in [2.05, 4.69) is 5.10 Å². The van der Waals surface area contributed by atoms with Crippen LogP contribution >= 0.6 is 0 Å². The number of benzene rings is 1. The second-order valence-corrected chi connectivity index (χ2v) is 3.79. The summed E-state index contributed by atoms with van der Waals surface area (Å²) in [5.74, 6) is -0.298. The Morgan fingerprint density at radius 2 is 2.00 bits per heavy atom. The van der Waals surface area contributed by atoms with Gasteiger partial charge in [0.2, 0.25) is 0 Å². The number of halogens is 1. The van der Waals surface area contributed by atoms with Gasteiger partial charge in [0, 0.05) is 24.8 Å². The second kappa shape index (κ2) is 4.97. The minimum atomic E-state index is -0.298. The van der Waals surface area contributed by atoms with E-state index in [1.807, 2.05) is 0 Å². The summed E-state index contributed by atoms with van der Waals surface area (Å²) >= 11 is 0. The topological polar surface area (TPSA) is 58.0 Å². The molecule has 0 aliphatic heterocycles. The van der Waals surface area contributed by atoms with E-state index in [0.29, 0.717) is 18.5 Å². The quantitative estimate of drug-likeness (QED) is 0.828. The van der Waals surface area contributed by atoms with Crippen molar-refractivity contribution in [3.8, 4) is 0 Å². The van der Waals surface area contributed by atoms with Crippen LogP contribution in [-0.2, 0) is 13.0 Å². The molecule has 17 heavy (non-hydrogen) atoms. The number of aliphatic hydroxyl groups excluding tert-OH is 1. The van der Waals surface area contributed by atoms with Crippen molar-refractivity contribution in [2.75, 3.05) is 6.61 Å². The SMILES string of the molecule is O=c1c(CCO)c[nH]n1Cc1ccc(F)cc1. The zero-order valence-electron chi connectivity index (χ0n) is 9.19. The summed E-state index contributed by atoms with van der Waals surface area (Å²) in [4.78, 5) is 11.8. The van der Waals surface area contributed by atoms with Crippen LogP contribution in [0.5, 0.6) is 0 Å². The number of aromatic amines is 1. The highest BCUT2D eigenvalue weighted by atomic mass is 19.1. The molecule has 0 aliphatic rings. The molecule has 0 unspecified atom stereocenters. The highest BCUT2D eigenvalue weighted by molar-refractivity contribution is 5.17. The summed E-state index contributed by atoms with van der Waals surface area (Å²) in [5, 5.41) is 11.6. The van der Waals surface area contributed by atoms with Crippen molar-refractivity contribution in [2.24, 2.45) is 0 Å². The van der Waals surface area contributed by atoms with Crippen molar-refractivity contribution < 1.29 is 9.50 Å². The van der Waals surface area contributed by atoms with Gasteiger partial charge in [-0.1, -0.05) is 12.1 Å². The normalized spacial score (nSPS) is 10.7. The molecule has 4 nitrogen and oxygen atoms in total. The average Bonchev–Trinajstić information content (AvgIpc) is 2.65. The lowest BCUT2D eigenvalue weighted by Gasteiger charge is -2.01. The molecule has 0 saturated carbocycles. The molecule has 2 aromatic rings. The molecule has 1 aromatic heterocycles. The number of nitrogens with zero attached hydrogens (tertiary/aromatic N) is 1. The van der Waals surface area contributed by atoms with Gasteiger partial charge in [0.05, 0.1) is 6.54 Å². The van der Waals surface area contributed by atoms with Gasteiger partial charge in [-0.25, -0.2) is 9.07 Å². The number of aromatic nitrogens is 2. The van der Waals surface area contributed by atoms with Crippen LogP contribution in [0.1, 0.15) is 11.1 Å². The number of aliphatic hydroxyl groups is 1. The fourth-order valence-corrected chi connectivity index (χ4v) is 1.64. The lowest BCUT2D eigenvalue weighted by molar-refractivity contribution is 0.299. The average molecular weight is 236 g/mol. The second-order valence-electron chi connectivity index (χ2n) is 3.79. The summed E-state index contributed by atoms with van der Waals surface area (Å²) in [7, 11) is 0. The van der Waals surface area contributed by atoms with Crippen molar-refractivity contribution in [1.82, 2.24) is 9.78 Å². The molecule has 2 rings (SSSR count). The van der Waals surface area contributed by atoms with Crippen molar-refractivity contribution in [2.45, 2.75) is 13.0 Å². The van der Waals surface area contributed by atoms with E-state index >= 15 is 0 Å². The predicted octanol–water partition coefficient (Wildman–Crippen LogP) is 0.899. The molecule has 0 atom stereocenters. The molecule has 0 spiro atoms. The van der Waals surface area contributed by atoms with Crippen molar-refractivity contribution in [3.63, 3.8) is 0 Å². The first-order valence-corrected chi connectivity index (χ1v) is 5.33. The Labute approximate surface area is 97.3 Å². The fourth-order valence-electron chi connectivity index (χ4n) is 1.64. The number of hydrogen-bond donors (Lipinski definition) is 2. The summed E-state index contributed by atoms with van der Waals surface area (Å²) in [6.45, 7) is 0.314. The van der Waals surface area contributed by atoms with Crippen LogP contribution in [0.25, 0.3) is 0 Å². The molecule has 0 aliphatic carbocycles.